The molecule has 5 heteroatoms. The Labute approximate surface area is 171 Å². The van der Waals surface area contributed by atoms with Gasteiger partial charge in [-0.25, -0.2) is 4.98 Å². The van der Waals surface area contributed by atoms with Crippen molar-refractivity contribution in [1.82, 2.24) is 14.5 Å². The minimum absolute atomic E-state index is 0.0827. The van der Waals surface area contributed by atoms with Crippen molar-refractivity contribution in [2.75, 3.05) is 11.6 Å². The third-order valence-electron chi connectivity index (χ3n) is 5.94. The van der Waals surface area contributed by atoms with Gasteiger partial charge >= 0.3 is 0 Å². The number of benzene rings is 2. The summed E-state index contributed by atoms with van der Waals surface area (Å²) in [5.74, 6) is 0.756. The first kappa shape index (κ1) is 18.1. The lowest BCUT2D eigenvalue weighted by molar-refractivity contribution is 0.188. The van der Waals surface area contributed by atoms with Crippen molar-refractivity contribution in [2.45, 2.75) is 45.8 Å². The number of anilines is 2. The fraction of sp³-hybridized carbons (Fsp3) is 0.333. The van der Waals surface area contributed by atoms with Gasteiger partial charge in [0, 0.05) is 23.7 Å². The van der Waals surface area contributed by atoms with Crippen molar-refractivity contribution in [2.24, 2.45) is 0 Å². The Hall–Kier alpha value is -2.92. The third-order valence-corrected chi connectivity index (χ3v) is 5.94. The average Bonchev–Trinajstić information content (AvgIpc) is 3.57. The number of aromatic nitrogens is 2. The molecule has 29 heavy (non-hydrogen) atoms. The molecular weight excluding hydrogens is 360 g/mol. The molecule has 0 saturated heterocycles. The van der Waals surface area contributed by atoms with E-state index >= 15 is 0 Å². The molecule has 2 aliphatic rings. The van der Waals surface area contributed by atoms with Crippen LogP contribution in [0.25, 0.3) is 0 Å². The summed E-state index contributed by atoms with van der Waals surface area (Å²) in [5.41, 5.74) is 5.13. The second kappa shape index (κ2) is 7.16. The Morgan fingerprint density at radius 2 is 1.79 bits per heavy atom. The van der Waals surface area contributed by atoms with Crippen LogP contribution < -0.4 is 10.5 Å². The van der Waals surface area contributed by atoms with Gasteiger partial charge in [-0.15, -0.1) is 0 Å². The van der Waals surface area contributed by atoms with Crippen LogP contribution in [0, 0.1) is 13.8 Å². The van der Waals surface area contributed by atoms with E-state index in [-0.39, 0.29) is 5.56 Å². The molecule has 0 spiro atoms. The molecule has 3 aromatic rings. The summed E-state index contributed by atoms with van der Waals surface area (Å²) in [6.07, 6.45) is 3.04. The van der Waals surface area contributed by atoms with Crippen molar-refractivity contribution >= 4 is 11.6 Å². The van der Waals surface area contributed by atoms with Crippen LogP contribution in [-0.4, -0.2) is 27.2 Å². The summed E-state index contributed by atoms with van der Waals surface area (Å²) < 4.78 is 1.87. The SMILES string of the molecule is Cc1cccc(N2CN(C3CC3)Cn3c2nc(C)c(Cc2ccccc2)c3=O)c1. The number of aryl methyl sites for hydroxylation is 2. The maximum absolute atomic E-state index is 13.5. The van der Waals surface area contributed by atoms with E-state index in [0.717, 1.165) is 35.1 Å². The van der Waals surface area contributed by atoms with E-state index in [1.54, 1.807) is 0 Å². The molecule has 0 N–H and O–H groups in total. The first-order valence-electron chi connectivity index (χ1n) is 10.3. The molecule has 1 aliphatic heterocycles. The Kier molecular flexibility index (Phi) is 4.47. The molecule has 2 heterocycles. The second-order valence-corrected chi connectivity index (χ2v) is 8.24. The summed E-state index contributed by atoms with van der Waals surface area (Å²) in [7, 11) is 0. The van der Waals surface area contributed by atoms with Crippen molar-refractivity contribution in [3.8, 4) is 0 Å². The largest absolute Gasteiger partial charge is 0.298 e. The molecule has 1 fully saturated rings. The Bertz CT molecular complexity index is 1100. The van der Waals surface area contributed by atoms with Gasteiger partial charge in [-0.3, -0.25) is 19.2 Å². The zero-order chi connectivity index (χ0) is 20.0. The molecule has 1 saturated carbocycles. The molecule has 0 radical (unpaired) electrons. The Morgan fingerprint density at radius 3 is 2.52 bits per heavy atom. The standard InChI is InChI=1S/C24H26N4O/c1-17-7-6-10-21(13-17)27-15-26(20-11-12-20)16-28-23(29)22(18(2)25-24(27)28)14-19-8-4-3-5-9-19/h3-10,13,20H,11-12,14-16H2,1-2H3. The van der Waals surface area contributed by atoms with Gasteiger partial charge in [0.05, 0.1) is 19.0 Å². The van der Waals surface area contributed by atoms with Gasteiger partial charge in [0.1, 0.15) is 0 Å². The van der Waals surface area contributed by atoms with Gasteiger partial charge in [0.2, 0.25) is 5.95 Å². The molecule has 0 atom stereocenters. The lowest BCUT2D eigenvalue weighted by Gasteiger charge is -2.38. The van der Waals surface area contributed by atoms with Crippen LogP contribution in [0.3, 0.4) is 0 Å². The van der Waals surface area contributed by atoms with E-state index < -0.39 is 0 Å². The zero-order valence-electron chi connectivity index (χ0n) is 17.0. The first-order valence-corrected chi connectivity index (χ1v) is 10.3. The van der Waals surface area contributed by atoms with E-state index in [1.165, 1.54) is 18.4 Å². The van der Waals surface area contributed by atoms with Crippen LogP contribution in [0.5, 0.6) is 0 Å². The van der Waals surface area contributed by atoms with E-state index in [0.29, 0.717) is 19.1 Å². The van der Waals surface area contributed by atoms with Crippen molar-refractivity contribution in [1.29, 1.82) is 0 Å². The van der Waals surface area contributed by atoms with Crippen molar-refractivity contribution < 1.29 is 0 Å². The molecule has 0 amide bonds. The number of hydrogen-bond donors (Lipinski definition) is 0. The van der Waals surface area contributed by atoms with Crippen LogP contribution in [0.15, 0.2) is 59.4 Å². The predicted octanol–water partition coefficient (Wildman–Crippen LogP) is 3.98. The molecule has 2 aromatic carbocycles. The van der Waals surface area contributed by atoms with Gasteiger partial charge in [-0.2, -0.15) is 0 Å². The van der Waals surface area contributed by atoms with Crippen LogP contribution in [0.1, 0.15) is 35.2 Å². The zero-order valence-corrected chi connectivity index (χ0v) is 17.0. The smallest absolute Gasteiger partial charge is 0.259 e. The lowest BCUT2D eigenvalue weighted by atomic mass is 10.1. The second-order valence-electron chi connectivity index (χ2n) is 8.24. The third kappa shape index (κ3) is 3.47. The van der Waals surface area contributed by atoms with Gasteiger partial charge in [0.15, 0.2) is 0 Å². The predicted molar refractivity (Wildman–Crippen MR) is 116 cm³/mol. The van der Waals surface area contributed by atoms with Crippen LogP contribution in [0.2, 0.25) is 0 Å². The highest BCUT2D eigenvalue weighted by Gasteiger charge is 2.36. The highest BCUT2D eigenvalue weighted by molar-refractivity contribution is 5.59. The van der Waals surface area contributed by atoms with Gasteiger partial charge in [0.25, 0.3) is 5.56 Å². The average molecular weight is 386 g/mol. The fourth-order valence-electron chi connectivity index (χ4n) is 4.16. The summed E-state index contributed by atoms with van der Waals surface area (Å²) in [5, 5.41) is 0. The summed E-state index contributed by atoms with van der Waals surface area (Å²) in [6.45, 7) is 5.46. The van der Waals surface area contributed by atoms with E-state index in [9.17, 15) is 4.79 Å². The van der Waals surface area contributed by atoms with Gasteiger partial charge < -0.3 is 0 Å². The minimum atomic E-state index is 0.0827. The molecule has 5 nitrogen and oxygen atoms in total. The van der Waals surface area contributed by atoms with E-state index in [1.807, 2.05) is 29.7 Å². The fourth-order valence-corrected chi connectivity index (χ4v) is 4.16. The maximum atomic E-state index is 13.5. The minimum Gasteiger partial charge on any atom is -0.298 e. The first-order chi connectivity index (χ1) is 14.1. The van der Waals surface area contributed by atoms with Crippen molar-refractivity contribution in [3.05, 3.63) is 87.3 Å². The number of nitrogens with zero attached hydrogens (tertiary/aromatic N) is 4. The molecule has 1 aliphatic carbocycles. The van der Waals surface area contributed by atoms with E-state index in [2.05, 4.69) is 53.1 Å². The monoisotopic (exact) mass is 386 g/mol. The molecule has 0 unspecified atom stereocenters. The highest BCUT2D eigenvalue weighted by atomic mass is 16.1. The van der Waals surface area contributed by atoms with Gasteiger partial charge in [-0.05, 0) is 49.9 Å². The summed E-state index contributed by atoms with van der Waals surface area (Å²) in [6, 6.07) is 19.2. The Morgan fingerprint density at radius 1 is 1.00 bits per heavy atom. The van der Waals surface area contributed by atoms with Crippen molar-refractivity contribution in [3.63, 3.8) is 0 Å². The number of hydrogen-bond acceptors (Lipinski definition) is 4. The number of fused-ring (bicyclic) bond motifs is 1. The molecular formula is C24H26N4O. The summed E-state index contributed by atoms with van der Waals surface area (Å²) >= 11 is 0. The van der Waals surface area contributed by atoms with E-state index in [4.69, 9.17) is 4.98 Å². The molecule has 5 rings (SSSR count). The molecule has 148 valence electrons. The normalized spacial score (nSPS) is 16.7. The quantitative estimate of drug-likeness (QED) is 0.680. The lowest BCUT2D eigenvalue weighted by Crippen LogP contribution is -2.48. The van der Waals surface area contributed by atoms with Gasteiger partial charge in [-0.1, -0.05) is 42.5 Å². The topological polar surface area (TPSA) is 41.4 Å². The maximum Gasteiger partial charge on any atom is 0.259 e. The van der Waals surface area contributed by atoms with Crippen LogP contribution >= 0.6 is 0 Å². The molecule has 0 bridgehead atoms. The van der Waals surface area contributed by atoms with Crippen LogP contribution in [-0.2, 0) is 13.1 Å². The highest BCUT2D eigenvalue weighted by Crippen LogP contribution is 2.34. The number of rotatable bonds is 4. The Balaban J connectivity index is 1.61. The van der Waals surface area contributed by atoms with Crippen LogP contribution in [0.4, 0.5) is 11.6 Å². The molecule has 1 aromatic heterocycles. The summed E-state index contributed by atoms with van der Waals surface area (Å²) in [4.78, 5) is 23.1.